The smallest absolute Gasteiger partial charge is 0.323 e. The number of fused-ring (bicyclic) bond motifs is 1. The largest absolute Gasteiger partial charge is 0.325 e. The van der Waals surface area contributed by atoms with E-state index in [9.17, 15) is 14.4 Å². The minimum Gasteiger partial charge on any atom is -0.323 e. The quantitative estimate of drug-likeness (QED) is 0.761. The molecule has 1 aromatic carbocycles. The Balaban J connectivity index is 1.37. The molecule has 2 N–H and O–H groups in total. The molecule has 0 radical (unpaired) electrons. The first kappa shape index (κ1) is 18.1. The van der Waals surface area contributed by atoms with Gasteiger partial charge in [-0.2, -0.15) is 0 Å². The van der Waals surface area contributed by atoms with E-state index >= 15 is 0 Å². The third kappa shape index (κ3) is 2.97. The summed E-state index contributed by atoms with van der Waals surface area (Å²) in [6.07, 6.45) is 6.27. The fourth-order valence-electron chi connectivity index (χ4n) is 4.77. The van der Waals surface area contributed by atoms with Gasteiger partial charge in [0.15, 0.2) is 0 Å². The summed E-state index contributed by atoms with van der Waals surface area (Å²) in [7, 11) is 0. The summed E-state index contributed by atoms with van der Waals surface area (Å²) in [4.78, 5) is 43.5. The van der Waals surface area contributed by atoms with Crippen molar-refractivity contribution < 1.29 is 14.4 Å². The summed E-state index contributed by atoms with van der Waals surface area (Å²) in [6.45, 7) is 1.45. The van der Waals surface area contributed by atoms with Gasteiger partial charge in [0, 0.05) is 6.04 Å². The lowest BCUT2D eigenvalue weighted by Gasteiger charge is -2.21. The Morgan fingerprint density at radius 3 is 2.66 bits per heavy atom. The zero-order valence-corrected chi connectivity index (χ0v) is 16.5. The van der Waals surface area contributed by atoms with Crippen LogP contribution in [0, 0.1) is 5.92 Å². The molecule has 1 saturated heterocycles. The van der Waals surface area contributed by atoms with Crippen LogP contribution in [-0.4, -0.2) is 44.4 Å². The van der Waals surface area contributed by atoms with Crippen molar-refractivity contribution in [1.29, 1.82) is 0 Å². The van der Waals surface area contributed by atoms with E-state index in [0.717, 1.165) is 54.5 Å². The molecule has 1 atom stereocenters. The fourth-order valence-corrected chi connectivity index (χ4v) is 4.77. The highest BCUT2D eigenvalue weighted by molar-refractivity contribution is 6.10. The lowest BCUT2D eigenvalue weighted by Crippen LogP contribution is -2.46. The molecular formula is C21H25N5O3. The number of nitrogens with one attached hydrogen (secondary N) is 2. The van der Waals surface area contributed by atoms with Crippen LogP contribution in [-0.2, 0) is 9.59 Å². The van der Waals surface area contributed by atoms with Crippen LogP contribution >= 0.6 is 0 Å². The molecule has 1 aliphatic heterocycles. The van der Waals surface area contributed by atoms with Crippen LogP contribution in [0.15, 0.2) is 24.3 Å². The van der Waals surface area contributed by atoms with Gasteiger partial charge >= 0.3 is 6.03 Å². The van der Waals surface area contributed by atoms with Crippen LogP contribution in [0.25, 0.3) is 11.0 Å². The highest BCUT2D eigenvalue weighted by Crippen LogP contribution is 2.42. The average molecular weight is 395 g/mol. The van der Waals surface area contributed by atoms with E-state index in [1.54, 1.807) is 6.92 Å². The first-order valence-corrected chi connectivity index (χ1v) is 10.4. The number of hydrogen-bond donors (Lipinski definition) is 2. The average Bonchev–Trinajstić information content (AvgIpc) is 3.24. The third-order valence-corrected chi connectivity index (χ3v) is 6.53. The summed E-state index contributed by atoms with van der Waals surface area (Å²) in [5, 5.41) is 5.63. The van der Waals surface area contributed by atoms with Crippen molar-refractivity contribution in [2.45, 2.75) is 57.0 Å². The number of aromatic nitrogens is 2. The first-order valence-electron chi connectivity index (χ1n) is 10.4. The molecule has 3 fully saturated rings. The van der Waals surface area contributed by atoms with Gasteiger partial charge in [0.05, 0.1) is 11.0 Å². The molecule has 152 valence electrons. The monoisotopic (exact) mass is 395 g/mol. The van der Waals surface area contributed by atoms with E-state index in [2.05, 4.69) is 20.2 Å². The number of para-hydroxylation sites is 2. The molecule has 1 aromatic heterocycles. The molecule has 1 unspecified atom stereocenters. The van der Waals surface area contributed by atoms with Gasteiger partial charge in [-0.3, -0.25) is 19.8 Å². The summed E-state index contributed by atoms with van der Waals surface area (Å²) in [5.41, 5.74) is 0.936. The molecular weight excluding hydrogens is 370 g/mol. The van der Waals surface area contributed by atoms with Crippen molar-refractivity contribution in [2.75, 3.05) is 11.9 Å². The molecule has 2 heterocycles. The molecule has 3 aliphatic rings. The Morgan fingerprint density at radius 2 is 1.93 bits per heavy atom. The maximum Gasteiger partial charge on any atom is 0.325 e. The summed E-state index contributed by atoms with van der Waals surface area (Å²) < 4.78 is 2.10. The number of amides is 4. The summed E-state index contributed by atoms with van der Waals surface area (Å²) in [5.74, 6) is -0.0776. The van der Waals surface area contributed by atoms with E-state index in [1.165, 1.54) is 0 Å². The maximum absolute atomic E-state index is 12.8. The van der Waals surface area contributed by atoms with Gasteiger partial charge in [0.2, 0.25) is 11.9 Å². The molecule has 0 spiro atoms. The van der Waals surface area contributed by atoms with Gasteiger partial charge in [-0.25, -0.2) is 9.78 Å². The number of carbonyl (C=O) groups is 3. The van der Waals surface area contributed by atoms with Gasteiger partial charge in [-0.15, -0.1) is 0 Å². The van der Waals surface area contributed by atoms with Crippen molar-refractivity contribution in [3.05, 3.63) is 24.3 Å². The van der Waals surface area contributed by atoms with E-state index in [4.69, 9.17) is 0 Å². The van der Waals surface area contributed by atoms with Crippen LogP contribution in [0.5, 0.6) is 0 Å². The third-order valence-electron chi connectivity index (χ3n) is 6.53. The molecule has 0 bridgehead atoms. The van der Waals surface area contributed by atoms with Crippen LogP contribution in [0.1, 0.15) is 51.5 Å². The Labute approximate surface area is 168 Å². The number of carbonyl (C=O) groups excluding carboxylic acids is 3. The molecule has 2 aliphatic carbocycles. The second-order valence-electron chi connectivity index (χ2n) is 8.58. The number of anilines is 1. The first-order chi connectivity index (χ1) is 14.0. The van der Waals surface area contributed by atoms with Crippen LogP contribution in [0.2, 0.25) is 0 Å². The Bertz CT molecular complexity index is 1000. The van der Waals surface area contributed by atoms with Gasteiger partial charge in [0.25, 0.3) is 5.91 Å². The maximum atomic E-state index is 12.8. The highest BCUT2D eigenvalue weighted by Gasteiger charge is 2.56. The summed E-state index contributed by atoms with van der Waals surface area (Å²) >= 11 is 0. The number of hydrogen-bond acceptors (Lipinski definition) is 4. The minimum absolute atomic E-state index is 0.165. The number of imide groups is 1. The summed E-state index contributed by atoms with van der Waals surface area (Å²) in [6, 6.07) is 7.62. The van der Waals surface area contributed by atoms with Gasteiger partial charge in [-0.1, -0.05) is 25.0 Å². The second kappa shape index (κ2) is 6.57. The lowest BCUT2D eigenvalue weighted by molar-refractivity contribution is -0.134. The second-order valence-corrected chi connectivity index (χ2v) is 8.58. The molecule has 5 rings (SSSR count). The van der Waals surface area contributed by atoms with Crippen molar-refractivity contribution in [1.82, 2.24) is 19.8 Å². The molecule has 29 heavy (non-hydrogen) atoms. The van der Waals surface area contributed by atoms with Crippen LogP contribution in [0.3, 0.4) is 0 Å². The topological polar surface area (TPSA) is 96.3 Å². The van der Waals surface area contributed by atoms with Crippen molar-refractivity contribution in [3.8, 4) is 0 Å². The molecule has 2 saturated carbocycles. The van der Waals surface area contributed by atoms with Crippen LogP contribution < -0.4 is 10.6 Å². The highest BCUT2D eigenvalue weighted by atomic mass is 16.2. The lowest BCUT2D eigenvalue weighted by atomic mass is 9.96. The van der Waals surface area contributed by atoms with E-state index in [-0.39, 0.29) is 18.4 Å². The van der Waals surface area contributed by atoms with E-state index < -0.39 is 17.5 Å². The Morgan fingerprint density at radius 1 is 1.21 bits per heavy atom. The Hall–Kier alpha value is -2.90. The number of urea groups is 1. The number of nitrogens with zero attached hydrogens (tertiary/aromatic N) is 3. The molecule has 8 heteroatoms. The molecule has 8 nitrogen and oxygen atoms in total. The van der Waals surface area contributed by atoms with Crippen molar-refractivity contribution in [2.24, 2.45) is 5.92 Å². The van der Waals surface area contributed by atoms with Gasteiger partial charge in [0.1, 0.15) is 12.1 Å². The van der Waals surface area contributed by atoms with Gasteiger partial charge < -0.3 is 9.88 Å². The fraction of sp³-hybridized carbons (Fsp3) is 0.524. The normalized spacial score (nSPS) is 25.1. The number of rotatable bonds is 5. The predicted molar refractivity (Wildman–Crippen MR) is 107 cm³/mol. The predicted octanol–water partition coefficient (Wildman–Crippen LogP) is 2.81. The standard InChI is InChI=1S/C21H25N5O3/c1-21(13-10-11-13)18(28)25(20(29)24-21)12-17(27)23-19-22-15-8-4-5-9-16(15)26(19)14-6-2-3-7-14/h4-5,8-9,13-14H,2-3,6-7,10-12H2,1H3,(H,24,29)(H,22,23,27). The molecule has 2 aromatic rings. The Kier molecular flexibility index (Phi) is 4.11. The number of benzene rings is 1. The van der Waals surface area contributed by atoms with Gasteiger partial charge in [-0.05, 0) is 50.7 Å². The van der Waals surface area contributed by atoms with E-state index in [0.29, 0.717) is 12.0 Å². The molecule has 4 amide bonds. The number of imidazole rings is 1. The van der Waals surface area contributed by atoms with Crippen molar-refractivity contribution in [3.63, 3.8) is 0 Å². The SMILES string of the molecule is CC1(C2CC2)NC(=O)N(CC(=O)Nc2nc3ccccc3n2C2CCCC2)C1=O. The minimum atomic E-state index is -0.881. The van der Waals surface area contributed by atoms with E-state index in [1.807, 2.05) is 24.3 Å². The zero-order chi connectivity index (χ0) is 20.2. The zero-order valence-electron chi connectivity index (χ0n) is 16.5. The van der Waals surface area contributed by atoms with Crippen LogP contribution in [0.4, 0.5) is 10.7 Å². The van der Waals surface area contributed by atoms with Crippen molar-refractivity contribution >= 4 is 34.8 Å².